The first-order chi connectivity index (χ1) is 12.5. The van der Waals surface area contributed by atoms with Crippen LogP contribution in [0.1, 0.15) is 6.92 Å². The van der Waals surface area contributed by atoms with Crippen LogP contribution in [0, 0.1) is 11.6 Å². The highest BCUT2D eigenvalue weighted by Gasteiger charge is 2.10. The zero-order chi connectivity index (χ0) is 18.5. The van der Waals surface area contributed by atoms with E-state index in [1.807, 2.05) is 30.3 Å². The fourth-order valence-corrected chi connectivity index (χ4v) is 2.32. The molecule has 7 heteroatoms. The zero-order valence-corrected chi connectivity index (χ0v) is 14.1. The molecule has 3 N–H and O–H groups in total. The average Bonchev–Trinajstić information content (AvgIpc) is 2.65. The van der Waals surface area contributed by atoms with Crippen LogP contribution in [0.3, 0.4) is 0 Å². The van der Waals surface area contributed by atoms with E-state index in [1.165, 1.54) is 6.07 Å². The van der Waals surface area contributed by atoms with Gasteiger partial charge in [-0.3, -0.25) is 0 Å². The second-order valence-electron chi connectivity index (χ2n) is 5.81. The maximum Gasteiger partial charge on any atom is 0.225 e. The molecule has 3 rings (SSSR count). The highest BCUT2D eigenvalue weighted by molar-refractivity contribution is 5.67. The van der Waals surface area contributed by atoms with Gasteiger partial charge in [-0.2, -0.15) is 4.98 Å². The molecule has 0 fully saturated rings. The molecule has 0 spiro atoms. The Kier molecular flexibility index (Phi) is 5.38. The molecule has 2 aromatic carbocycles. The van der Waals surface area contributed by atoms with E-state index in [0.717, 1.165) is 17.7 Å². The quantitative estimate of drug-likeness (QED) is 0.624. The lowest BCUT2D eigenvalue weighted by molar-refractivity contribution is 0.281. The summed E-state index contributed by atoms with van der Waals surface area (Å²) in [5.41, 5.74) is 1.89. The van der Waals surface area contributed by atoms with E-state index >= 15 is 0 Å². The molecule has 1 atom stereocenters. The normalized spacial score (nSPS) is 11.8. The smallest absolute Gasteiger partial charge is 0.225 e. The monoisotopic (exact) mass is 356 g/mol. The molecule has 0 saturated carbocycles. The van der Waals surface area contributed by atoms with Crippen molar-refractivity contribution in [1.29, 1.82) is 0 Å². The fraction of sp³-hybridized carbons (Fsp3) is 0.158. The minimum Gasteiger partial charge on any atom is -0.394 e. The molecule has 3 aromatic rings. The number of rotatable bonds is 6. The molecular weight excluding hydrogens is 338 g/mol. The number of aliphatic hydroxyl groups is 1. The van der Waals surface area contributed by atoms with Gasteiger partial charge < -0.3 is 15.7 Å². The van der Waals surface area contributed by atoms with Gasteiger partial charge in [0.05, 0.1) is 12.3 Å². The Labute approximate surface area is 149 Å². The lowest BCUT2D eigenvalue weighted by atomic mass is 10.1. The van der Waals surface area contributed by atoms with Crippen LogP contribution in [0.25, 0.3) is 11.3 Å². The van der Waals surface area contributed by atoms with Gasteiger partial charge in [-0.05, 0) is 19.1 Å². The van der Waals surface area contributed by atoms with Crippen molar-refractivity contribution in [2.24, 2.45) is 0 Å². The van der Waals surface area contributed by atoms with Gasteiger partial charge in [0, 0.05) is 29.4 Å². The van der Waals surface area contributed by atoms with Crippen molar-refractivity contribution in [1.82, 2.24) is 9.97 Å². The number of halogens is 2. The molecule has 0 radical (unpaired) electrons. The summed E-state index contributed by atoms with van der Waals surface area (Å²) in [5.74, 6) is -1.13. The Morgan fingerprint density at radius 1 is 1.00 bits per heavy atom. The molecule has 0 aliphatic rings. The predicted octanol–water partition coefficient (Wildman–Crippen LogP) is 3.96. The molecule has 26 heavy (non-hydrogen) atoms. The summed E-state index contributed by atoms with van der Waals surface area (Å²) in [6.07, 6.45) is 0. The average molecular weight is 356 g/mol. The van der Waals surface area contributed by atoms with Crippen molar-refractivity contribution in [2.45, 2.75) is 13.0 Å². The molecule has 0 amide bonds. The van der Waals surface area contributed by atoms with Crippen LogP contribution in [0.2, 0.25) is 0 Å². The number of hydrogen-bond acceptors (Lipinski definition) is 5. The molecule has 0 aliphatic carbocycles. The van der Waals surface area contributed by atoms with Crippen molar-refractivity contribution in [3.63, 3.8) is 0 Å². The third-order valence-electron chi connectivity index (χ3n) is 3.64. The first-order valence-electron chi connectivity index (χ1n) is 8.09. The van der Waals surface area contributed by atoms with E-state index in [9.17, 15) is 13.9 Å². The summed E-state index contributed by atoms with van der Waals surface area (Å²) in [5, 5.41) is 15.2. The maximum atomic E-state index is 13.4. The standard InChI is InChI=1S/C19H18F2N4O/c1-12(11-26)22-19-24-17(13-5-3-2-4-6-13)10-18(25-19)23-14-7-8-15(20)16(21)9-14/h2-10,12,26H,11H2,1H3,(H2,22,23,24,25)/t12-/m0/s1. The van der Waals surface area contributed by atoms with Crippen molar-refractivity contribution in [3.05, 3.63) is 66.2 Å². The number of benzene rings is 2. The Morgan fingerprint density at radius 2 is 1.77 bits per heavy atom. The summed E-state index contributed by atoms with van der Waals surface area (Å²) >= 11 is 0. The van der Waals surface area contributed by atoms with Crippen LogP contribution < -0.4 is 10.6 Å². The Balaban J connectivity index is 1.97. The van der Waals surface area contributed by atoms with Crippen LogP contribution in [0.4, 0.5) is 26.2 Å². The van der Waals surface area contributed by atoms with E-state index < -0.39 is 11.6 Å². The highest BCUT2D eigenvalue weighted by atomic mass is 19.2. The molecular formula is C19H18F2N4O. The summed E-state index contributed by atoms with van der Waals surface area (Å²) in [6, 6.07) is 14.5. The number of anilines is 3. The summed E-state index contributed by atoms with van der Waals surface area (Å²) < 4.78 is 26.5. The van der Waals surface area contributed by atoms with Gasteiger partial charge in [0.2, 0.25) is 5.95 Å². The molecule has 0 aliphatic heterocycles. The van der Waals surface area contributed by atoms with Crippen molar-refractivity contribution >= 4 is 17.5 Å². The molecule has 1 heterocycles. The molecule has 0 saturated heterocycles. The number of hydrogen-bond donors (Lipinski definition) is 3. The summed E-state index contributed by atoms with van der Waals surface area (Å²) in [6.45, 7) is 1.71. The SMILES string of the molecule is C[C@@H](CO)Nc1nc(Nc2ccc(F)c(F)c2)cc(-c2ccccc2)n1. The third-order valence-corrected chi connectivity index (χ3v) is 3.64. The topological polar surface area (TPSA) is 70.1 Å². The Morgan fingerprint density at radius 3 is 2.46 bits per heavy atom. The summed E-state index contributed by atoms with van der Waals surface area (Å²) in [7, 11) is 0. The van der Waals surface area contributed by atoms with Gasteiger partial charge in [-0.25, -0.2) is 13.8 Å². The molecule has 0 bridgehead atoms. The Hall–Kier alpha value is -3.06. The lowest BCUT2D eigenvalue weighted by Crippen LogP contribution is -2.21. The molecule has 5 nitrogen and oxygen atoms in total. The van der Waals surface area contributed by atoms with Gasteiger partial charge in [-0.15, -0.1) is 0 Å². The third kappa shape index (κ3) is 4.31. The van der Waals surface area contributed by atoms with Crippen LogP contribution in [-0.2, 0) is 0 Å². The molecule has 0 unspecified atom stereocenters. The molecule has 134 valence electrons. The van der Waals surface area contributed by atoms with Gasteiger partial charge in [0.15, 0.2) is 11.6 Å². The van der Waals surface area contributed by atoms with Crippen molar-refractivity contribution in [2.75, 3.05) is 17.2 Å². The summed E-state index contributed by atoms with van der Waals surface area (Å²) in [4.78, 5) is 8.79. The van der Waals surface area contributed by atoms with Crippen LogP contribution in [-0.4, -0.2) is 27.7 Å². The van der Waals surface area contributed by atoms with Gasteiger partial charge in [-0.1, -0.05) is 30.3 Å². The van der Waals surface area contributed by atoms with Crippen molar-refractivity contribution < 1.29 is 13.9 Å². The second kappa shape index (κ2) is 7.88. The van der Waals surface area contributed by atoms with E-state index in [1.54, 1.807) is 13.0 Å². The fourth-order valence-electron chi connectivity index (χ4n) is 2.32. The zero-order valence-electron chi connectivity index (χ0n) is 14.1. The first-order valence-corrected chi connectivity index (χ1v) is 8.09. The number of nitrogens with zero attached hydrogens (tertiary/aromatic N) is 2. The van der Waals surface area contributed by atoms with Crippen LogP contribution >= 0.6 is 0 Å². The predicted molar refractivity (Wildman–Crippen MR) is 97.3 cm³/mol. The van der Waals surface area contributed by atoms with E-state index in [4.69, 9.17) is 0 Å². The number of aliphatic hydroxyl groups excluding tert-OH is 1. The van der Waals surface area contributed by atoms with E-state index in [2.05, 4.69) is 20.6 Å². The minimum atomic E-state index is -0.945. The largest absolute Gasteiger partial charge is 0.394 e. The maximum absolute atomic E-state index is 13.4. The molecule has 1 aromatic heterocycles. The highest BCUT2D eigenvalue weighted by Crippen LogP contribution is 2.24. The van der Waals surface area contributed by atoms with Gasteiger partial charge in [0.1, 0.15) is 5.82 Å². The van der Waals surface area contributed by atoms with Crippen LogP contribution in [0.15, 0.2) is 54.6 Å². The second-order valence-corrected chi connectivity index (χ2v) is 5.81. The Bertz CT molecular complexity index is 890. The first kappa shape index (κ1) is 17.8. The minimum absolute atomic E-state index is 0.0785. The lowest BCUT2D eigenvalue weighted by Gasteiger charge is -2.14. The van der Waals surface area contributed by atoms with E-state index in [0.29, 0.717) is 23.1 Å². The van der Waals surface area contributed by atoms with E-state index in [-0.39, 0.29) is 12.6 Å². The number of nitrogens with one attached hydrogen (secondary N) is 2. The number of aromatic nitrogens is 2. The van der Waals surface area contributed by atoms with Gasteiger partial charge in [0.25, 0.3) is 0 Å². The van der Waals surface area contributed by atoms with Crippen molar-refractivity contribution in [3.8, 4) is 11.3 Å². The van der Waals surface area contributed by atoms with Crippen LogP contribution in [0.5, 0.6) is 0 Å². The van der Waals surface area contributed by atoms with Gasteiger partial charge >= 0.3 is 0 Å².